The zero-order valence-corrected chi connectivity index (χ0v) is 20.7. The summed E-state index contributed by atoms with van der Waals surface area (Å²) in [5.41, 5.74) is 2.61. The molecular formula is C24H42OZn+2. The van der Waals surface area contributed by atoms with Gasteiger partial charge in [0.05, 0.1) is 0 Å². The molecule has 1 rings (SSSR count). The molecule has 0 atom stereocenters. The molecular weight excluding hydrogens is 370 g/mol. The molecule has 144 valence electrons. The van der Waals surface area contributed by atoms with Crippen LogP contribution in [0.4, 0.5) is 0 Å². The Kier molecular flexibility index (Phi) is 17.8. The molecule has 26 heavy (non-hydrogen) atoms. The number of phenols is 1. The Morgan fingerprint density at radius 1 is 0.615 bits per heavy atom. The summed E-state index contributed by atoms with van der Waals surface area (Å²) in [6.07, 6.45) is 21.0. The number of rotatable bonds is 16. The molecule has 1 nitrogen and oxygen atoms in total. The van der Waals surface area contributed by atoms with Crippen LogP contribution in [0.25, 0.3) is 0 Å². The SMILES string of the molecule is CCCCCCCCCc1cccc(O)c1CCCCCCCCC.[Zn+2]. The van der Waals surface area contributed by atoms with E-state index in [-0.39, 0.29) is 19.5 Å². The monoisotopic (exact) mass is 410 g/mol. The number of benzene rings is 1. The van der Waals surface area contributed by atoms with Gasteiger partial charge in [-0.2, -0.15) is 0 Å². The Hall–Kier alpha value is -0.357. The van der Waals surface area contributed by atoms with Gasteiger partial charge in [0.25, 0.3) is 0 Å². The van der Waals surface area contributed by atoms with Crippen molar-refractivity contribution in [2.24, 2.45) is 0 Å². The molecule has 0 saturated heterocycles. The van der Waals surface area contributed by atoms with E-state index in [1.807, 2.05) is 12.1 Å². The minimum Gasteiger partial charge on any atom is -0.508 e. The fraction of sp³-hybridized carbons (Fsp3) is 0.750. The van der Waals surface area contributed by atoms with E-state index < -0.39 is 0 Å². The second kappa shape index (κ2) is 18.0. The zero-order chi connectivity index (χ0) is 18.2. The van der Waals surface area contributed by atoms with Crippen molar-refractivity contribution in [3.05, 3.63) is 29.3 Å². The number of unbranched alkanes of at least 4 members (excludes halogenated alkanes) is 12. The van der Waals surface area contributed by atoms with E-state index in [1.165, 1.54) is 101 Å². The maximum Gasteiger partial charge on any atom is 2.00 e. The third-order valence-corrected chi connectivity index (χ3v) is 5.33. The molecule has 0 aliphatic heterocycles. The summed E-state index contributed by atoms with van der Waals surface area (Å²) < 4.78 is 0. The number of aromatic hydroxyl groups is 1. The second-order valence-electron chi connectivity index (χ2n) is 7.66. The van der Waals surface area contributed by atoms with E-state index >= 15 is 0 Å². The number of aryl methyl sites for hydroxylation is 1. The molecule has 0 saturated carbocycles. The first-order chi connectivity index (χ1) is 12.3. The summed E-state index contributed by atoms with van der Waals surface area (Å²) in [5.74, 6) is 0.520. The number of hydrogen-bond acceptors (Lipinski definition) is 1. The Bertz CT molecular complexity index is 430. The summed E-state index contributed by atoms with van der Waals surface area (Å²) in [6.45, 7) is 4.54. The van der Waals surface area contributed by atoms with Gasteiger partial charge in [-0.3, -0.25) is 0 Å². The fourth-order valence-electron chi connectivity index (χ4n) is 3.68. The Morgan fingerprint density at radius 2 is 1.08 bits per heavy atom. The van der Waals surface area contributed by atoms with Crippen LogP contribution in [0, 0.1) is 0 Å². The molecule has 0 amide bonds. The van der Waals surface area contributed by atoms with Crippen LogP contribution >= 0.6 is 0 Å². The minimum absolute atomic E-state index is 0. The number of phenolic OH excluding ortho intramolecular Hbond substituents is 1. The van der Waals surface area contributed by atoms with Crippen LogP contribution in [-0.4, -0.2) is 5.11 Å². The summed E-state index contributed by atoms with van der Waals surface area (Å²) in [4.78, 5) is 0. The standard InChI is InChI=1S/C24H42O.Zn/c1-3-5-7-9-11-13-15-18-22-19-17-21-24(25)23(22)20-16-14-12-10-8-6-4-2;/h17,19,21,25H,3-16,18,20H2,1-2H3;/q;+2. The van der Waals surface area contributed by atoms with E-state index in [0.717, 1.165) is 12.8 Å². The van der Waals surface area contributed by atoms with Crippen molar-refractivity contribution in [3.63, 3.8) is 0 Å². The molecule has 0 bridgehead atoms. The van der Waals surface area contributed by atoms with Crippen LogP contribution in [-0.2, 0) is 32.3 Å². The van der Waals surface area contributed by atoms with Gasteiger partial charge in [0.15, 0.2) is 0 Å². The normalized spacial score (nSPS) is 10.7. The molecule has 1 N–H and O–H groups in total. The third kappa shape index (κ3) is 12.1. The van der Waals surface area contributed by atoms with Gasteiger partial charge >= 0.3 is 19.5 Å². The van der Waals surface area contributed by atoms with Gasteiger partial charge in [0.1, 0.15) is 5.75 Å². The van der Waals surface area contributed by atoms with E-state index in [1.54, 1.807) is 0 Å². The molecule has 0 aliphatic rings. The average Bonchev–Trinajstić information content (AvgIpc) is 2.62. The predicted octanol–water partition coefficient (Wildman–Crippen LogP) is 7.98. The van der Waals surface area contributed by atoms with Crippen molar-refractivity contribution in [3.8, 4) is 5.75 Å². The van der Waals surface area contributed by atoms with E-state index in [4.69, 9.17) is 0 Å². The molecule has 0 aliphatic carbocycles. The zero-order valence-electron chi connectivity index (χ0n) is 17.7. The average molecular weight is 412 g/mol. The minimum atomic E-state index is 0. The Morgan fingerprint density at radius 3 is 1.62 bits per heavy atom. The van der Waals surface area contributed by atoms with Gasteiger partial charge in [-0.1, -0.05) is 103 Å². The van der Waals surface area contributed by atoms with Gasteiger partial charge in [-0.25, -0.2) is 0 Å². The van der Waals surface area contributed by atoms with Crippen LogP contribution in [0.5, 0.6) is 5.75 Å². The van der Waals surface area contributed by atoms with Crippen molar-refractivity contribution >= 4 is 0 Å². The topological polar surface area (TPSA) is 20.2 Å². The van der Waals surface area contributed by atoms with E-state index in [2.05, 4.69) is 19.9 Å². The summed E-state index contributed by atoms with van der Waals surface area (Å²) in [5, 5.41) is 10.3. The molecule has 1 aromatic carbocycles. The van der Waals surface area contributed by atoms with Crippen LogP contribution in [0.1, 0.15) is 115 Å². The summed E-state index contributed by atoms with van der Waals surface area (Å²) in [7, 11) is 0. The van der Waals surface area contributed by atoms with E-state index in [0.29, 0.717) is 5.75 Å². The predicted molar refractivity (Wildman–Crippen MR) is 112 cm³/mol. The third-order valence-electron chi connectivity index (χ3n) is 5.33. The molecule has 2 heteroatoms. The van der Waals surface area contributed by atoms with Gasteiger partial charge < -0.3 is 5.11 Å². The molecule has 0 fully saturated rings. The van der Waals surface area contributed by atoms with Crippen molar-refractivity contribution in [1.82, 2.24) is 0 Å². The van der Waals surface area contributed by atoms with Crippen LogP contribution in [0.15, 0.2) is 18.2 Å². The quantitative estimate of drug-likeness (QED) is 0.216. The fourth-order valence-corrected chi connectivity index (χ4v) is 3.68. The first-order valence-corrected chi connectivity index (χ1v) is 11.1. The molecule has 0 aromatic heterocycles. The molecule has 0 radical (unpaired) electrons. The van der Waals surface area contributed by atoms with Gasteiger partial charge in [0.2, 0.25) is 0 Å². The van der Waals surface area contributed by atoms with Gasteiger partial charge in [-0.15, -0.1) is 0 Å². The Labute approximate surface area is 176 Å². The van der Waals surface area contributed by atoms with Crippen molar-refractivity contribution in [1.29, 1.82) is 0 Å². The molecule has 1 aromatic rings. The van der Waals surface area contributed by atoms with Crippen LogP contribution in [0.3, 0.4) is 0 Å². The first kappa shape index (κ1) is 25.6. The van der Waals surface area contributed by atoms with Crippen molar-refractivity contribution < 1.29 is 24.6 Å². The van der Waals surface area contributed by atoms with Crippen LogP contribution in [0.2, 0.25) is 0 Å². The smallest absolute Gasteiger partial charge is 0.508 e. The van der Waals surface area contributed by atoms with Gasteiger partial charge in [-0.05, 0) is 42.9 Å². The molecule has 0 spiro atoms. The molecule has 0 heterocycles. The number of hydrogen-bond donors (Lipinski definition) is 1. The summed E-state index contributed by atoms with van der Waals surface area (Å²) >= 11 is 0. The molecule has 0 unspecified atom stereocenters. The second-order valence-corrected chi connectivity index (χ2v) is 7.66. The van der Waals surface area contributed by atoms with Crippen LogP contribution < -0.4 is 0 Å². The van der Waals surface area contributed by atoms with Gasteiger partial charge in [0, 0.05) is 0 Å². The van der Waals surface area contributed by atoms with E-state index in [9.17, 15) is 5.11 Å². The summed E-state index contributed by atoms with van der Waals surface area (Å²) in [6, 6.07) is 6.11. The maximum absolute atomic E-state index is 10.3. The van der Waals surface area contributed by atoms with Crippen molar-refractivity contribution in [2.45, 2.75) is 117 Å². The Balaban J connectivity index is 0.00000625. The largest absolute Gasteiger partial charge is 2.00 e. The first-order valence-electron chi connectivity index (χ1n) is 11.1. The maximum atomic E-state index is 10.3. The van der Waals surface area contributed by atoms with Crippen molar-refractivity contribution in [2.75, 3.05) is 0 Å².